The normalized spacial score (nSPS) is 24.2. The molecule has 1 fully saturated rings. The average molecular weight is 275 g/mol. The van der Waals surface area contributed by atoms with Gasteiger partial charge in [0.2, 0.25) is 0 Å². The number of rotatable bonds is 9. The molecule has 2 atom stereocenters. The Morgan fingerprint density at radius 2 is 1.72 bits per heavy atom. The molecule has 1 rings (SSSR count). The standard InChI is InChI=1S/C14H29NO2S/c1-2-3-4-5-6-7-8-9-14(15)13-10-11-18(16,17)12-13/h13-14H,2-12,15H2,1H3. The molecule has 2 N–H and O–H groups in total. The van der Waals surface area contributed by atoms with Gasteiger partial charge in [0.15, 0.2) is 9.84 Å². The minimum absolute atomic E-state index is 0.0953. The van der Waals surface area contributed by atoms with Crippen molar-refractivity contribution in [2.45, 2.75) is 70.8 Å². The largest absolute Gasteiger partial charge is 0.327 e. The van der Waals surface area contributed by atoms with E-state index < -0.39 is 9.84 Å². The van der Waals surface area contributed by atoms with E-state index in [0.29, 0.717) is 11.5 Å². The molecule has 108 valence electrons. The number of hydrogen-bond donors (Lipinski definition) is 1. The Bertz CT molecular complexity index is 314. The van der Waals surface area contributed by atoms with Crippen LogP contribution >= 0.6 is 0 Å². The fraction of sp³-hybridized carbons (Fsp3) is 1.00. The van der Waals surface area contributed by atoms with E-state index in [1.54, 1.807) is 0 Å². The molecule has 1 aliphatic rings. The number of hydrogen-bond acceptors (Lipinski definition) is 3. The molecule has 1 aliphatic heterocycles. The zero-order valence-electron chi connectivity index (χ0n) is 11.7. The maximum atomic E-state index is 11.4. The molecule has 0 aromatic carbocycles. The lowest BCUT2D eigenvalue weighted by molar-refractivity contribution is 0.419. The Balaban J connectivity index is 2.02. The Morgan fingerprint density at radius 3 is 2.28 bits per heavy atom. The number of unbranched alkanes of at least 4 members (excludes halogenated alkanes) is 6. The van der Waals surface area contributed by atoms with Crippen molar-refractivity contribution in [3.8, 4) is 0 Å². The maximum absolute atomic E-state index is 11.4. The molecule has 0 amide bonds. The van der Waals surface area contributed by atoms with Crippen LogP contribution in [-0.2, 0) is 9.84 Å². The van der Waals surface area contributed by atoms with Crippen molar-refractivity contribution < 1.29 is 8.42 Å². The minimum atomic E-state index is -2.77. The summed E-state index contributed by atoms with van der Waals surface area (Å²) in [5.74, 6) is 0.891. The zero-order chi connectivity index (χ0) is 13.4. The van der Waals surface area contributed by atoms with Gasteiger partial charge in [0.1, 0.15) is 0 Å². The van der Waals surface area contributed by atoms with E-state index >= 15 is 0 Å². The van der Waals surface area contributed by atoms with Crippen LogP contribution in [0, 0.1) is 5.92 Å². The van der Waals surface area contributed by atoms with E-state index in [4.69, 9.17) is 5.73 Å². The monoisotopic (exact) mass is 275 g/mol. The Labute approximate surface area is 112 Å². The highest BCUT2D eigenvalue weighted by Crippen LogP contribution is 2.23. The van der Waals surface area contributed by atoms with Crippen molar-refractivity contribution in [2.75, 3.05) is 11.5 Å². The van der Waals surface area contributed by atoms with E-state index in [0.717, 1.165) is 19.3 Å². The van der Waals surface area contributed by atoms with Gasteiger partial charge >= 0.3 is 0 Å². The van der Waals surface area contributed by atoms with Gasteiger partial charge < -0.3 is 5.73 Å². The summed E-state index contributed by atoms with van der Waals surface area (Å²) < 4.78 is 22.7. The third kappa shape index (κ3) is 6.19. The van der Waals surface area contributed by atoms with E-state index in [2.05, 4.69) is 6.92 Å². The highest BCUT2D eigenvalue weighted by atomic mass is 32.2. The van der Waals surface area contributed by atoms with Gasteiger partial charge in [-0.3, -0.25) is 0 Å². The van der Waals surface area contributed by atoms with Crippen LogP contribution in [-0.4, -0.2) is 26.0 Å². The summed E-state index contributed by atoms with van der Waals surface area (Å²) in [6.45, 7) is 2.23. The second-order valence-electron chi connectivity index (χ2n) is 5.74. The van der Waals surface area contributed by atoms with Crippen molar-refractivity contribution in [1.29, 1.82) is 0 Å². The quantitative estimate of drug-likeness (QED) is 0.658. The minimum Gasteiger partial charge on any atom is -0.327 e. The maximum Gasteiger partial charge on any atom is 0.150 e. The molecule has 0 radical (unpaired) electrons. The molecule has 0 bridgehead atoms. The van der Waals surface area contributed by atoms with Crippen LogP contribution < -0.4 is 5.73 Å². The van der Waals surface area contributed by atoms with Crippen LogP contribution in [0.1, 0.15) is 64.7 Å². The Kier molecular flexibility index (Phi) is 7.23. The predicted molar refractivity (Wildman–Crippen MR) is 77.3 cm³/mol. The van der Waals surface area contributed by atoms with Crippen molar-refractivity contribution in [1.82, 2.24) is 0 Å². The highest BCUT2D eigenvalue weighted by Gasteiger charge is 2.31. The summed E-state index contributed by atoms with van der Waals surface area (Å²) >= 11 is 0. The molecule has 0 aromatic rings. The molecular weight excluding hydrogens is 246 g/mol. The van der Waals surface area contributed by atoms with Crippen molar-refractivity contribution in [3.05, 3.63) is 0 Å². The van der Waals surface area contributed by atoms with Crippen LogP contribution in [0.2, 0.25) is 0 Å². The smallest absolute Gasteiger partial charge is 0.150 e. The van der Waals surface area contributed by atoms with Crippen molar-refractivity contribution >= 4 is 9.84 Å². The molecule has 4 heteroatoms. The summed E-state index contributed by atoms with van der Waals surface area (Å²) in [5, 5.41) is 0. The first-order valence-corrected chi connectivity index (χ1v) is 9.33. The van der Waals surface area contributed by atoms with Crippen LogP contribution in [0.4, 0.5) is 0 Å². The lowest BCUT2D eigenvalue weighted by Gasteiger charge is -2.17. The highest BCUT2D eigenvalue weighted by molar-refractivity contribution is 7.91. The molecule has 0 aromatic heterocycles. The third-order valence-corrected chi connectivity index (χ3v) is 5.81. The van der Waals surface area contributed by atoms with Gasteiger partial charge in [-0.15, -0.1) is 0 Å². The van der Waals surface area contributed by atoms with Crippen LogP contribution in [0.5, 0.6) is 0 Å². The van der Waals surface area contributed by atoms with E-state index in [1.165, 1.54) is 38.5 Å². The van der Waals surface area contributed by atoms with Crippen LogP contribution in [0.15, 0.2) is 0 Å². The summed E-state index contributed by atoms with van der Waals surface area (Å²) in [7, 11) is -2.77. The summed E-state index contributed by atoms with van der Waals surface area (Å²) in [6.07, 6.45) is 10.8. The lowest BCUT2D eigenvalue weighted by atomic mass is 9.94. The van der Waals surface area contributed by atoms with Gasteiger partial charge in [0, 0.05) is 6.04 Å². The van der Waals surface area contributed by atoms with E-state index in [-0.39, 0.29) is 12.0 Å². The molecular formula is C14H29NO2S. The molecule has 0 saturated carbocycles. The number of nitrogens with two attached hydrogens (primary N) is 1. The summed E-state index contributed by atoms with van der Waals surface area (Å²) in [5.41, 5.74) is 6.10. The van der Waals surface area contributed by atoms with Crippen LogP contribution in [0.3, 0.4) is 0 Å². The molecule has 1 heterocycles. The molecule has 1 saturated heterocycles. The summed E-state index contributed by atoms with van der Waals surface area (Å²) in [6, 6.07) is 0.0953. The fourth-order valence-corrected chi connectivity index (χ4v) is 4.63. The Morgan fingerprint density at radius 1 is 1.11 bits per heavy atom. The second kappa shape index (κ2) is 8.16. The molecule has 3 nitrogen and oxygen atoms in total. The SMILES string of the molecule is CCCCCCCCCC(N)C1CCS(=O)(=O)C1. The first kappa shape index (κ1) is 16.0. The van der Waals surface area contributed by atoms with Gasteiger partial charge in [-0.2, -0.15) is 0 Å². The fourth-order valence-electron chi connectivity index (χ4n) is 2.73. The van der Waals surface area contributed by atoms with Gasteiger partial charge in [0.25, 0.3) is 0 Å². The molecule has 0 aliphatic carbocycles. The molecule has 2 unspecified atom stereocenters. The first-order valence-electron chi connectivity index (χ1n) is 7.51. The summed E-state index contributed by atoms with van der Waals surface area (Å²) in [4.78, 5) is 0. The van der Waals surface area contributed by atoms with Gasteiger partial charge in [-0.05, 0) is 18.8 Å². The zero-order valence-corrected chi connectivity index (χ0v) is 12.6. The Hall–Kier alpha value is -0.0900. The second-order valence-corrected chi connectivity index (χ2v) is 7.97. The third-order valence-electron chi connectivity index (χ3n) is 4.01. The van der Waals surface area contributed by atoms with Gasteiger partial charge in [-0.1, -0.05) is 51.9 Å². The molecule has 18 heavy (non-hydrogen) atoms. The van der Waals surface area contributed by atoms with Gasteiger partial charge in [0.05, 0.1) is 11.5 Å². The predicted octanol–water partition coefficient (Wildman–Crippen LogP) is 2.89. The van der Waals surface area contributed by atoms with E-state index in [9.17, 15) is 8.42 Å². The van der Waals surface area contributed by atoms with E-state index in [1.807, 2.05) is 0 Å². The average Bonchev–Trinajstić information content (AvgIpc) is 2.68. The lowest BCUT2D eigenvalue weighted by Crippen LogP contribution is -2.30. The van der Waals surface area contributed by atoms with Crippen molar-refractivity contribution in [2.24, 2.45) is 11.7 Å². The first-order chi connectivity index (χ1) is 8.55. The van der Waals surface area contributed by atoms with Gasteiger partial charge in [-0.25, -0.2) is 8.42 Å². The van der Waals surface area contributed by atoms with Crippen molar-refractivity contribution in [3.63, 3.8) is 0 Å². The molecule has 0 spiro atoms. The topological polar surface area (TPSA) is 60.2 Å². The van der Waals surface area contributed by atoms with Crippen LogP contribution in [0.25, 0.3) is 0 Å². The number of sulfone groups is 1.